The molecule has 2 unspecified atom stereocenters. The minimum Gasteiger partial charge on any atom is -0.479 e. The van der Waals surface area contributed by atoms with E-state index in [1.807, 2.05) is 6.92 Å². The van der Waals surface area contributed by atoms with E-state index >= 15 is 0 Å². The third kappa shape index (κ3) is 2.66. The first-order valence-electron chi connectivity index (χ1n) is 6.87. The van der Waals surface area contributed by atoms with Crippen molar-refractivity contribution in [2.24, 2.45) is 11.0 Å². The number of nitrogens with one attached hydrogen (secondary N) is 2. The lowest BCUT2D eigenvalue weighted by Gasteiger charge is -2.39. The highest BCUT2D eigenvalue weighted by Crippen LogP contribution is 2.34. The number of carboxylic acids is 1. The lowest BCUT2D eigenvalue weighted by Crippen LogP contribution is -2.61. The van der Waals surface area contributed by atoms with Crippen LogP contribution < -0.4 is 10.7 Å². The molecule has 7 heteroatoms. The van der Waals surface area contributed by atoms with Crippen LogP contribution in [0.4, 0.5) is 0 Å². The number of hydrazone groups is 1. The quantitative estimate of drug-likeness (QED) is 0.696. The molecule has 2 aliphatic rings. The summed E-state index contributed by atoms with van der Waals surface area (Å²) in [7, 11) is 0. The highest BCUT2D eigenvalue weighted by atomic mass is 16.4. The maximum Gasteiger partial charge on any atom is 0.329 e. The Hall–Kier alpha value is -1.92. The molecule has 1 saturated carbocycles. The summed E-state index contributed by atoms with van der Waals surface area (Å²) in [6.45, 7) is 1.85. The van der Waals surface area contributed by atoms with Gasteiger partial charge in [0.25, 0.3) is 5.91 Å². The van der Waals surface area contributed by atoms with Gasteiger partial charge in [-0.15, -0.1) is 0 Å². The van der Waals surface area contributed by atoms with Crippen molar-refractivity contribution >= 4 is 23.5 Å². The Morgan fingerprint density at radius 3 is 2.70 bits per heavy atom. The van der Waals surface area contributed by atoms with Gasteiger partial charge >= 0.3 is 5.97 Å². The van der Waals surface area contributed by atoms with Gasteiger partial charge in [0.2, 0.25) is 5.91 Å². The molecule has 0 aromatic carbocycles. The van der Waals surface area contributed by atoms with Gasteiger partial charge in [-0.05, 0) is 18.8 Å². The predicted octanol–water partition coefficient (Wildman–Crippen LogP) is 0.402. The molecule has 3 N–H and O–H groups in total. The molecule has 110 valence electrons. The van der Waals surface area contributed by atoms with Gasteiger partial charge in [0.05, 0.1) is 0 Å². The van der Waals surface area contributed by atoms with Crippen LogP contribution in [0.5, 0.6) is 0 Å². The van der Waals surface area contributed by atoms with E-state index in [4.69, 9.17) is 0 Å². The first-order chi connectivity index (χ1) is 9.45. The molecule has 2 atom stereocenters. The molecule has 20 heavy (non-hydrogen) atoms. The van der Waals surface area contributed by atoms with E-state index in [1.54, 1.807) is 0 Å². The number of carboxylic acid groups (broad SMARTS) is 1. The molecule has 2 amide bonds. The van der Waals surface area contributed by atoms with Crippen molar-refractivity contribution in [2.45, 2.75) is 51.0 Å². The third-order valence-electron chi connectivity index (χ3n) is 4.18. The van der Waals surface area contributed by atoms with Crippen LogP contribution >= 0.6 is 0 Å². The van der Waals surface area contributed by atoms with Crippen molar-refractivity contribution in [3.63, 3.8) is 0 Å². The molecular weight excluding hydrogens is 262 g/mol. The van der Waals surface area contributed by atoms with Crippen molar-refractivity contribution < 1.29 is 19.5 Å². The summed E-state index contributed by atoms with van der Waals surface area (Å²) in [4.78, 5) is 34.8. The fraction of sp³-hybridized carbons (Fsp3) is 0.692. The van der Waals surface area contributed by atoms with Crippen molar-refractivity contribution in [1.29, 1.82) is 0 Å². The van der Waals surface area contributed by atoms with Crippen LogP contribution in [0.2, 0.25) is 0 Å². The predicted molar refractivity (Wildman–Crippen MR) is 71.0 cm³/mol. The Bertz CT molecular complexity index is 474. The van der Waals surface area contributed by atoms with E-state index < -0.39 is 17.4 Å². The second-order valence-electron chi connectivity index (χ2n) is 5.47. The zero-order valence-corrected chi connectivity index (χ0v) is 11.4. The molecular formula is C13H19N3O4. The minimum absolute atomic E-state index is 0.128. The van der Waals surface area contributed by atoms with E-state index in [9.17, 15) is 19.5 Å². The molecule has 0 saturated heterocycles. The topological polar surface area (TPSA) is 108 Å². The molecule has 2 rings (SSSR count). The van der Waals surface area contributed by atoms with E-state index in [1.165, 1.54) is 0 Å². The first kappa shape index (κ1) is 14.5. The van der Waals surface area contributed by atoms with E-state index in [-0.39, 0.29) is 30.4 Å². The Morgan fingerprint density at radius 2 is 2.15 bits per heavy atom. The number of carbonyl (C=O) groups is 3. The number of carbonyl (C=O) groups excluding carboxylic acids is 2. The maximum absolute atomic E-state index is 12.2. The van der Waals surface area contributed by atoms with Crippen molar-refractivity contribution in [1.82, 2.24) is 10.7 Å². The number of hydrogen-bond acceptors (Lipinski definition) is 4. The smallest absolute Gasteiger partial charge is 0.329 e. The summed E-state index contributed by atoms with van der Waals surface area (Å²) >= 11 is 0. The van der Waals surface area contributed by atoms with Gasteiger partial charge in [0.15, 0.2) is 0 Å². The largest absolute Gasteiger partial charge is 0.479 e. The number of aliphatic carboxylic acids is 1. The summed E-state index contributed by atoms with van der Waals surface area (Å²) in [5.74, 6) is -1.86. The molecule has 1 aliphatic heterocycles. The average molecular weight is 281 g/mol. The van der Waals surface area contributed by atoms with Gasteiger partial charge in [0.1, 0.15) is 11.3 Å². The van der Waals surface area contributed by atoms with Crippen molar-refractivity contribution in [2.75, 3.05) is 0 Å². The Kier molecular flexibility index (Phi) is 4.06. The number of hydrogen-bond donors (Lipinski definition) is 3. The second kappa shape index (κ2) is 5.60. The minimum atomic E-state index is -1.22. The standard InChI is InChI=1S/C13H19N3O4/c1-8-4-2-3-7-13(8,12(19)20)14-11(18)9-5-6-10(17)16-15-9/h8H,2-7H2,1H3,(H,14,18)(H,16,17)(H,19,20). The van der Waals surface area contributed by atoms with Crippen LogP contribution in [0.1, 0.15) is 45.4 Å². The molecule has 1 fully saturated rings. The summed E-state index contributed by atoms with van der Waals surface area (Å²) in [5.41, 5.74) is 1.20. The molecule has 0 spiro atoms. The highest BCUT2D eigenvalue weighted by Gasteiger charge is 2.46. The average Bonchev–Trinajstić information content (AvgIpc) is 2.42. The van der Waals surface area contributed by atoms with Crippen LogP contribution in [0.3, 0.4) is 0 Å². The second-order valence-corrected chi connectivity index (χ2v) is 5.47. The summed E-state index contributed by atoms with van der Waals surface area (Å²) < 4.78 is 0. The SMILES string of the molecule is CC1CCCCC1(NC(=O)C1=NNC(=O)CC1)C(=O)O. The van der Waals surface area contributed by atoms with Crippen LogP contribution in [0.25, 0.3) is 0 Å². The van der Waals surface area contributed by atoms with Crippen molar-refractivity contribution in [3.8, 4) is 0 Å². The fourth-order valence-corrected chi connectivity index (χ4v) is 2.82. The summed E-state index contributed by atoms with van der Waals surface area (Å²) in [5, 5.41) is 15.9. The van der Waals surface area contributed by atoms with E-state index in [0.717, 1.165) is 19.3 Å². The number of rotatable bonds is 3. The van der Waals surface area contributed by atoms with Gasteiger partial charge in [-0.2, -0.15) is 5.10 Å². The molecule has 0 radical (unpaired) electrons. The zero-order chi connectivity index (χ0) is 14.8. The normalized spacial score (nSPS) is 30.1. The Morgan fingerprint density at radius 1 is 1.40 bits per heavy atom. The number of amides is 2. The van der Waals surface area contributed by atoms with Crippen LogP contribution in [-0.4, -0.2) is 34.1 Å². The zero-order valence-electron chi connectivity index (χ0n) is 11.4. The maximum atomic E-state index is 12.2. The lowest BCUT2D eigenvalue weighted by atomic mass is 9.73. The number of nitrogens with zero attached hydrogens (tertiary/aromatic N) is 1. The lowest BCUT2D eigenvalue weighted by molar-refractivity contribution is -0.151. The van der Waals surface area contributed by atoms with Gasteiger partial charge in [-0.1, -0.05) is 19.8 Å². The van der Waals surface area contributed by atoms with Gasteiger partial charge in [-0.25, -0.2) is 10.2 Å². The van der Waals surface area contributed by atoms with Crippen LogP contribution in [-0.2, 0) is 14.4 Å². The Balaban J connectivity index is 2.14. The molecule has 0 bridgehead atoms. The van der Waals surface area contributed by atoms with Crippen LogP contribution in [0, 0.1) is 5.92 Å². The van der Waals surface area contributed by atoms with Crippen LogP contribution in [0.15, 0.2) is 5.10 Å². The van der Waals surface area contributed by atoms with Gasteiger partial charge < -0.3 is 10.4 Å². The molecule has 0 aromatic heterocycles. The first-order valence-corrected chi connectivity index (χ1v) is 6.87. The highest BCUT2D eigenvalue weighted by molar-refractivity contribution is 6.40. The molecule has 1 aliphatic carbocycles. The van der Waals surface area contributed by atoms with Gasteiger partial charge in [0, 0.05) is 12.8 Å². The fourth-order valence-electron chi connectivity index (χ4n) is 2.82. The summed E-state index contributed by atoms with van der Waals surface area (Å²) in [6.07, 6.45) is 3.39. The van der Waals surface area contributed by atoms with Gasteiger partial charge in [-0.3, -0.25) is 9.59 Å². The molecule has 0 aromatic rings. The third-order valence-corrected chi connectivity index (χ3v) is 4.18. The molecule has 1 heterocycles. The summed E-state index contributed by atoms with van der Waals surface area (Å²) in [6, 6.07) is 0. The molecule has 7 nitrogen and oxygen atoms in total. The Labute approximate surface area is 116 Å². The van der Waals surface area contributed by atoms with E-state index in [2.05, 4.69) is 15.8 Å². The van der Waals surface area contributed by atoms with Crippen molar-refractivity contribution in [3.05, 3.63) is 0 Å². The van der Waals surface area contributed by atoms with E-state index in [0.29, 0.717) is 6.42 Å². The monoisotopic (exact) mass is 281 g/mol.